The molecule has 120 valence electrons. The van der Waals surface area contributed by atoms with Crippen LogP contribution in [0.1, 0.15) is 56.6 Å². The fraction of sp³-hybridized carbons (Fsp3) is 0.684. The van der Waals surface area contributed by atoms with E-state index in [1.165, 1.54) is 0 Å². The molecule has 0 spiro atoms. The van der Waals surface area contributed by atoms with Gasteiger partial charge < -0.3 is 10.2 Å². The molecule has 1 aromatic rings. The van der Waals surface area contributed by atoms with Gasteiger partial charge in [-0.25, -0.2) is 4.39 Å². The number of alkyl halides is 1. The van der Waals surface area contributed by atoms with Crippen molar-refractivity contribution >= 4 is 0 Å². The van der Waals surface area contributed by atoms with E-state index in [1.807, 2.05) is 13.0 Å². The Hall–Kier alpha value is -1.09. The molecule has 22 heavy (non-hydrogen) atoms. The number of rotatable bonds is 0. The van der Waals surface area contributed by atoms with Crippen LogP contribution >= 0.6 is 0 Å². The van der Waals surface area contributed by atoms with Crippen molar-refractivity contribution in [2.75, 3.05) is 0 Å². The molecule has 0 heterocycles. The molecule has 0 aromatic heterocycles. The number of hydrogen-bond donors (Lipinski definition) is 2. The van der Waals surface area contributed by atoms with Gasteiger partial charge in [0.25, 0.3) is 0 Å². The number of aromatic hydroxyl groups is 1. The molecule has 0 aliphatic heterocycles. The van der Waals surface area contributed by atoms with E-state index in [2.05, 4.69) is 6.92 Å². The average molecular weight is 304 g/mol. The second-order valence-electron chi connectivity index (χ2n) is 8.17. The smallest absolute Gasteiger partial charge is 0.115 e. The Morgan fingerprint density at radius 2 is 2.00 bits per heavy atom. The predicted molar refractivity (Wildman–Crippen MR) is 83.6 cm³/mol. The first-order chi connectivity index (χ1) is 10.3. The van der Waals surface area contributed by atoms with Crippen LogP contribution < -0.4 is 0 Å². The molecule has 5 unspecified atom stereocenters. The number of hydrogen-bond acceptors (Lipinski definition) is 2. The van der Waals surface area contributed by atoms with Crippen LogP contribution in [0.2, 0.25) is 0 Å². The molecule has 0 radical (unpaired) electrons. The first kappa shape index (κ1) is 14.5. The minimum atomic E-state index is -0.903. The third kappa shape index (κ3) is 1.75. The fourth-order valence-electron chi connectivity index (χ4n) is 5.81. The van der Waals surface area contributed by atoms with E-state index < -0.39 is 11.8 Å². The second kappa shape index (κ2) is 4.47. The summed E-state index contributed by atoms with van der Waals surface area (Å²) < 4.78 is 15.2. The van der Waals surface area contributed by atoms with Crippen molar-refractivity contribution in [1.29, 1.82) is 0 Å². The Labute approximate surface area is 131 Å². The molecular formula is C19H25FO2. The normalized spacial score (nSPS) is 46.7. The van der Waals surface area contributed by atoms with Crippen LogP contribution in [-0.4, -0.2) is 22.0 Å². The zero-order valence-corrected chi connectivity index (χ0v) is 13.3. The number of fused-ring (bicyclic) bond motifs is 5. The summed E-state index contributed by atoms with van der Waals surface area (Å²) in [6.45, 7) is 3.99. The van der Waals surface area contributed by atoms with Gasteiger partial charge in [-0.05, 0) is 74.1 Å². The van der Waals surface area contributed by atoms with E-state index in [0.717, 1.165) is 36.8 Å². The zero-order valence-electron chi connectivity index (χ0n) is 13.3. The summed E-state index contributed by atoms with van der Waals surface area (Å²) in [5.74, 6) is 0.939. The maximum absolute atomic E-state index is 15.2. The highest BCUT2D eigenvalue weighted by atomic mass is 19.1. The summed E-state index contributed by atoms with van der Waals surface area (Å²) in [6, 6.07) is 5.41. The topological polar surface area (TPSA) is 40.5 Å². The first-order valence-corrected chi connectivity index (χ1v) is 8.52. The number of benzene rings is 1. The van der Waals surface area contributed by atoms with Crippen molar-refractivity contribution in [2.24, 2.45) is 17.3 Å². The van der Waals surface area contributed by atoms with Gasteiger partial charge in [0, 0.05) is 11.3 Å². The Balaban J connectivity index is 1.77. The van der Waals surface area contributed by atoms with Crippen molar-refractivity contribution in [3.8, 4) is 5.75 Å². The lowest BCUT2D eigenvalue weighted by atomic mass is 9.53. The summed E-state index contributed by atoms with van der Waals surface area (Å²) >= 11 is 0. The van der Waals surface area contributed by atoms with Gasteiger partial charge in [0.2, 0.25) is 0 Å². The molecule has 0 amide bonds. The minimum absolute atomic E-state index is 0.0590. The molecule has 2 N–H and O–H groups in total. The van der Waals surface area contributed by atoms with E-state index in [1.54, 1.807) is 12.1 Å². The number of aliphatic hydroxyl groups is 1. The highest BCUT2D eigenvalue weighted by Gasteiger charge is 2.62. The van der Waals surface area contributed by atoms with E-state index >= 15 is 4.39 Å². The first-order valence-electron chi connectivity index (χ1n) is 8.52. The third-order valence-corrected chi connectivity index (χ3v) is 7.21. The summed E-state index contributed by atoms with van der Waals surface area (Å²) in [4.78, 5) is 0. The molecule has 6 atom stereocenters. The van der Waals surface area contributed by atoms with Gasteiger partial charge in [-0.15, -0.1) is 0 Å². The van der Waals surface area contributed by atoms with Crippen molar-refractivity contribution < 1.29 is 14.6 Å². The van der Waals surface area contributed by atoms with Crippen LogP contribution in [0.5, 0.6) is 5.75 Å². The summed E-state index contributed by atoms with van der Waals surface area (Å²) in [7, 11) is 0. The standard InChI is InChI=1S/C19H25FO2/c1-18-10-16(20)17-13-6-4-12(21)9-11(13)3-5-14(17)15(18)7-8-19(18,2)22/h4,6,9,14-17,21-22H,3,5,7-8,10H2,1-2H3/t14?,15?,16?,17?,18?,19-/m0/s1. The Bertz CT molecular complexity index is 611. The van der Waals surface area contributed by atoms with Crippen molar-refractivity contribution in [2.45, 2.75) is 63.6 Å². The van der Waals surface area contributed by atoms with E-state index in [0.29, 0.717) is 18.3 Å². The average Bonchev–Trinajstić information content (AvgIpc) is 2.68. The molecule has 2 saturated carbocycles. The number of phenols is 1. The molecule has 2 fully saturated rings. The van der Waals surface area contributed by atoms with Crippen LogP contribution in [0.4, 0.5) is 4.39 Å². The maximum Gasteiger partial charge on any atom is 0.115 e. The predicted octanol–water partition coefficient (Wildman–Crippen LogP) is 3.95. The van der Waals surface area contributed by atoms with Crippen molar-refractivity contribution in [3.05, 3.63) is 29.3 Å². The van der Waals surface area contributed by atoms with Crippen LogP contribution in [-0.2, 0) is 6.42 Å². The van der Waals surface area contributed by atoms with Crippen LogP contribution in [0, 0.1) is 17.3 Å². The third-order valence-electron chi connectivity index (χ3n) is 7.21. The molecule has 0 saturated heterocycles. The quantitative estimate of drug-likeness (QED) is 0.762. The number of phenolic OH excluding ortho intramolecular Hbond substituents is 1. The second-order valence-corrected chi connectivity index (χ2v) is 8.17. The van der Waals surface area contributed by atoms with Gasteiger partial charge in [0.1, 0.15) is 11.9 Å². The molecule has 3 aliphatic rings. The highest BCUT2D eigenvalue weighted by molar-refractivity contribution is 5.41. The molecule has 3 heteroatoms. The number of aryl methyl sites for hydroxylation is 1. The summed E-state index contributed by atoms with van der Waals surface area (Å²) in [5, 5.41) is 20.5. The molecule has 3 aliphatic carbocycles. The Morgan fingerprint density at radius 1 is 1.23 bits per heavy atom. The lowest BCUT2D eigenvalue weighted by molar-refractivity contribution is -0.110. The number of halogens is 1. The SMILES string of the molecule is CC12CC(F)C3c4ccc(O)cc4CCC3C1CC[C@]2(C)O. The van der Waals surface area contributed by atoms with Crippen LogP contribution in [0.25, 0.3) is 0 Å². The van der Waals surface area contributed by atoms with Gasteiger partial charge in [-0.1, -0.05) is 13.0 Å². The largest absolute Gasteiger partial charge is 0.508 e. The van der Waals surface area contributed by atoms with Crippen molar-refractivity contribution in [1.82, 2.24) is 0 Å². The van der Waals surface area contributed by atoms with Gasteiger partial charge >= 0.3 is 0 Å². The molecular weight excluding hydrogens is 279 g/mol. The zero-order chi connectivity index (χ0) is 15.7. The lowest BCUT2D eigenvalue weighted by Crippen LogP contribution is -2.52. The Kier molecular flexibility index (Phi) is 2.95. The summed E-state index contributed by atoms with van der Waals surface area (Å²) in [6.07, 6.45) is 3.22. The van der Waals surface area contributed by atoms with Crippen LogP contribution in [0.3, 0.4) is 0 Å². The van der Waals surface area contributed by atoms with Gasteiger partial charge in [-0.2, -0.15) is 0 Å². The van der Waals surface area contributed by atoms with E-state index in [-0.39, 0.29) is 17.1 Å². The Morgan fingerprint density at radius 3 is 2.77 bits per heavy atom. The maximum atomic E-state index is 15.2. The van der Waals surface area contributed by atoms with Gasteiger partial charge in [0.05, 0.1) is 5.60 Å². The monoisotopic (exact) mass is 304 g/mol. The highest BCUT2D eigenvalue weighted by Crippen LogP contribution is 2.64. The molecule has 4 rings (SSSR count). The minimum Gasteiger partial charge on any atom is -0.508 e. The fourth-order valence-corrected chi connectivity index (χ4v) is 5.81. The van der Waals surface area contributed by atoms with Crippen molar-refractivity contribution in [3.63, 3.8) is 0 Å². The molecule has 1 aromatic carbocycles. The lowest BCUT2D eigenvalue weighted by Gasteiger charge is -2.53. The molecule has 2 nitrogen and oxygen atoms in total. The summed E-state index contributed by atoms with van der Waals surface area (Å²) in [5.41, 5.74) is 1.15. The van der Waals surface area contributed by atoms with Crippen LogP contribution in [0.15, 0.2) is 18.2 Å². The van der Waals surface area contributed by atoms with E-state index in [9.17, 15) is 10.2 Å². The van der Waals surface area contributed by atoms with Gasteiger partial charge in [0.15, 0.2) is 0 Å². The van der Waals surface area contributed by atoms with Gasteiger partial charge in [-0.3, -0.25) is 0 Å². The van der Waals surface area contributed by atoms with E-state index in [4.69, 9.17) is 0 Å². The molecule has 0 bridgehead atoms.